The van der Waals surface area contributed by atoms with E-state index >= 15 is 0 Å². The number of hydrogen-bond acceptors (Lipinski definition) is 8. The monoisotopic (exact) mass is 560 g/mol. The molecule has 9 heteroatoms. The normalized spacial score (nSPS) is 16.8. The minimum atomic E-state index is -0.970. The summed E-state index contributed by atoms with van der Waals surface area (Å²) in [6.45, 7) is 13.7. The van der Waals surface area contributed by atoms with Crippen LogP contribution in [0.1, 0.15) is 64.4 Å². The first kappa shape index (κ1) is 28.8. The number of nitrogens with zero attached hydrogens (tertiary/aromatic N) is 2. The number of aromatic nitrogens is 1. The predicted molar refractivity (Wildman–Crippen MR) is 155 cm³/mol. The first-order valence-electron chi connectivity index (χ1n) is 12.7. The maximum Gasteiger partial charge on any atom is 0.350 e. The summed E-state index contributed by atoms with van der Waals surface area (Å²) in [4.78, 5) is 45.2. The number of anilines is 1. The molecule has 1 aromatic heterocycles. The average Bonchev–Trinajstić information content (AvgIpc) is 3.43. The fourth-order valence-corrected chi connectivity index (χ4v) is 5.55. The van der Waals surface area contributed by atoms with Crippen molar-refractivity contribution in [3.63, 3.8) is 0 Å². The molecule has 1 aliphatic heterocycles. The molecule has 0 spiro atoms. The lowest BCUT2D eigenvalue weighted by Gasteiger charge is -2.25. The van der Waals surface area contributed by atoms with Gasteiger partial charge in [-0.15, -0.1) is 0 Å². The topological polar surface area (TPSA) is 106 Å². The summed E-state index contributed by atoms with van der Waals surface area (Å²) in [5.41, 5.74) is 2.98. The Morgan fingerprint density at radius 1 is 1.15 bits per heavy atom. The Labute approximate surface area is 237 Å². The number of rotatable bonds is 7. The van der Waals surface area contributed by atoms with Gasteiger partial charge in [0, 0.05) is 5.56 Å². The van der Waals surface area contributed by atoms with E-state index in [2.05, 4.69) is 32.3 Å². The van der Waals surface area contributed by atoms with E-state index in [1.165, 1.54) is 12.0 Å². The van der Waals surface area contributed by atoms with Crippen LogP contribution in [0.2, 0.25) is 0 Å². The van der Waals surface area contributed by atoms with Crippen molar-refractivity contribution in [2.75, 3.05) is 18.6 Å². The Morgan fingerprint density at radius 2 is 1.82 bits per heavy atom. The van der Waals surface area contributed by atoms with Crippen molar-refractivity contribution in [2.45, 2.75) is 46.1 Å². The maximum absolute atomic E-state index is 13.5. The molecule has 40 heavy (non-hydrogen) atoms. The van der Waals surface area contributed by atoms with E-state index in [0.717, 1.165) is 22.5 Å². The van der Waals surface area contributed by atoms with E-state index in [9.17, 15) is 19.5 Å². The first-order valence-corrected chi connectivity index (χ1v) is 13.5. The van der Waals surface area contributed by atoms with Gasteiger partial charge in [-0.2, -0.15) is 0 Å². The van der Waals surface area contributed by atoms with Crippen molar-refractivity contribution >= 4 is 39.9 Å². The zero-order valence-electron chi connectivity index (χ0n) is 23.4. The summed E-state index contributed by atoms with van der Waals surface area (Å²) < 4.78 is 10.5. The fraction of sp³-hybridized carbons (Fsp3) is 0.290. The number of hydrogen-bond donors (Lipinski definition) is 1. The van der Waals surface area contributed by atoms with Crippen LogP contribution in [0.25, 0.3) is 5.76 Å². The Morgan fingerprint density at radius 3 is 2.40 bits per heavy atom. The lowest BCUT2D eigenvalue weighted by molar-refractivity contribution is -0.132. The lowest BCUT2D eigenvalue weighted by atomic mass is 9.85. The van der Waals surface area contributed by atoms with Crippen LogP contribution in [-0.2, 0) is 19.7 Å². The highest BCUT2D eigenvalue weighted by molar-refractivity contribution is 7.17. The molecule has 8 nitrogen and oxygen atoms in total. The zero-order valence-corrected chi connectivity index (χ0v) is 24.2. The van der Waals surface area contributed by atoms with Crippen LogP contribution in [0.15, 0.2) is 60.7 Å². The van der Waals surface area contributed by atoms with Crippen LogP contribution >= 0.6 is 11.3 Å². The molecule has 1 saturated heterocycles. The number of aryl methyl sites for hydroxylation is 2. The number of carbonyl (C=O) groups is 3. The molecule has 0 bridgehead atoms. The largest absolute Gasteiger partial charge is 0.507 e. The maximum atomic E-state index is 13.5. The quantitative estimate of drug-likeness (QED) is 0.124. The minimum Gasteiger partial charge on any atom is -0.507 e. The summed E-state index contributed by atoms with van der Waals surface area (Å²) in [6, 6.07) is 11.6. The third kappa shape index (κ3) is 5.29. The summed E-state index contributed by atoms with van der Waals surface area (Å²) in [6.07, 6.45) is 1.63. The number of carbonyl (C=O) groups excluding carboxylic acids is 3. The van der Waals surface area contributed by atoms with Crippen LogP contribution in [0.3, 0.4) is 0 Å². The Kier molecular flexibility index (Phi) is 7.98. The summed E-state index contributed by atoms with van der Waals surface area (Å²) in [5.74, 6) is -1.98. The molecule has 3 aromatic rings. The molecule has 2 aromatic carbocycles. The molecule has 4 rings (SSSR count). The van der Waals surface area contributed by atoms with Gasteiger partial charge < -0.3 is 14.6 Å². The van der Waals surface area contributed by atoms with Gasteiger partial charge >= 0.3 is 11.9 Å². The van der Waals surface area contributed by atoms with Gasteiger partial charge in [-0.05, 0) is 54.2 Å². The SMILES string of the molecule is C=CCOc1ccc(/C(O)=C2/C(=O)C(=O)N(c3nc(C)c(C(=O)OC)s3)C2c2ccc(C(C)(C)C)cc2)cc1C. The molecule has 1 N–H and O–H groups in total. The second kappa shape index (κ2) is 11.1. The van der Waals surface area contributed by atoms with Gasteiger partial charge in [-0.25, -0.2) is 9.78 Å². The van der Waals surface area contributed by atoms with E-state index in [0.29, 0.717) is 29.2 Å². The highest BCUT2D eigenvalue weighted by Crippen LogP contribution is 2.44. The smallest absolute Gasteiger partial charge is 0.350 e. The van der Waals surface area contributed by atoms with Crippen LogP contribution in [0.5, 0.6) is 5.75 Å². The van der Waals surface area contributed by atoms with E-state index in [1.807, 2.05) is 31.2 Å². The van der Waals surface area contributed by atoms with E-state index in [1.54, 1.807) is 31.2 Å². The highest BCUT2D eigenvalue weighted by Gasteiger charge is 2.48. The van der Waals surface area contributed by atoms with Crippen molar-refractivity contribution in [1.29, 1.82) is 0 Å². The van der Waals surface area contributed by atoms with E-state index < -0.39 is 23.7 Å². The van der Waals surface area contributed by atoms with Crippen molar-refractivity contribution in [3.05, 3.63) is 93.5 Å². The number of thiazole rings is 1. The summed E-state index contributed by atoms with van der Waals surface area (Å²) >= 11 is 0.961. The van der Waals surface area contributed by atoms with Gasteiger partial charge in [-0.3, -0.25) is 14.5 Å². The van der Waals surface area contributed by atoms with Crippen LogP contribution < -0.4 is 9.64 Å². The molecular formula is C31H32N2O6S. The molecule has 1 amide bonds. The molecule has 0 radical (unpaired) electrons. The van der Waals surface area contributed by atoms with Crippen LogP contribution in [-0.4, -0.2) is 41.5 Å². The highest BCUT2D eigenvalue weighted by atomic mass is 32.1. The molecule has 1 aliphatic rings. The number of amides is 1. The summed E-state index contributed by atoms with van der Waals surface area (Å²) in [5, 5.41) is 11.7. The molecule has 2 heterocycles. The minimum absolute atomic E-state index is 0.0693. The standard InChI is InChI=1S/C31H32N2O6S/c1-8-15-39-22-14-11-20(16-17(22)2)25(34)23-24(19-9-12-21(13-10-19)31(4,5)6)33(28(36)26(23)35)30-32-18(3)27(40-30)29(37)38-7/h8-14,16,24,34H,1,15H2,2-7H3/b25-23-. The van der Waals surface area contributed by atoms with E-state index in [4.69, 9.17) is 9.47 Å². The number of Topliss-reactive ketones (excluding diaryl/α,β-unsaturated/α-hetero) is 1. The third-order valence-electron chi connectivity index (χ3n) is 6.70. The molecule has 1 unspecified atom stereocenters. The Balaban J connectivity index is 1.90. The average molecular weight is 561 g/mol. The number of ether oxygens (including phenoxy) is 2. The number of benzene rings is 2. The van der Waals surface area contributed by atoms with E-state index in [-0.39, 0.29) is 26.8 Å². The van der Waals surface area contributed by atoms with Gasteiger partial charge in [0.2, 0.25) is 0 Å². The fourth-order valence-electron chi connectivity index (χ4n) is 4.54. The van der Waals surface area contributed by atoms with Gasteiger partial charge in [0.05, 0.1) is 24.4 Å². The number of aliphatic hydroxyl groups is 1. The van der Waals surface area contributed by atoms with Gasteiger partial charge in [-0.1, -0.05) is 69.0 Å². The predicted octanol–water partition coefficient (Wildman–Crippen LogP) is 6.04. The van der Waals surface area contributed by atoms with Gasteiger partial charge in [0.15, 0.2) is 5.13 Å². The number of ketones is 1. The molecule has 0 saturated carbocycles. The lowest BCUT2D eigenvalue weighted by Crippen LogP contribution is -2.29. The van der Waals surface area contributed by atoms with Crippen molar-refractivity contribution < 1.29 is 29.0 Å². The number of methoxy groups -OCH3 is 1. The second-order valence-corrected chi connectivity index (χ2v) is 11.5. The Bertz CT molecular complexity index is 1530. The van der Waals surface area contributed by atoms with Gasteiger partial charge in [0.25, 0.3) is 5.78 Å². The first-order chi connectivity index (χ1) is 18.9. The number of esters is 1. The van der Waals surface area contributed by atoms with Crippen molar-refractivity contribution in [2.24, 2.45) is 0 Å². The molecule has 0 aliphatic carbocycles. The molecule has 1 atom stereocenters. The number of aliphatic hydroxyl groups excluding tert-OH is 1. The van der Waals surface area contributed by atoms with Crippen molar-refractivity contribution in [3.8, 4) is 5.75 Å². The van der Waals surface area contributed by atoms with Crippen LogP contribution in [0, 0.1) is 13.8 Å². The third-order valence-corrected chi connectivity index (χ3v) is 7.84. The molecule has 208 valence electrons. The Hall–Kier alpha value is -4.24. The van der Waals surface area contributed by atoms with Crippen LogP contribution in [0.4, 0.5) is 5.13 Å². The van der Waals surface area contributed by atoms with Gasteiger partial charge in [0.1, 0.15) is 23.0 Å². The zero-order chi connectivity index (χ0) is 29.4. The molecular weight excluding hydrogens is 528 g/mol. The van der Waals surface area contributed by atoms with Crippen molar-refractivity contribution in [1.82, 2.24) is 4.98 Å². The second-order valence-electron chi connectivity index (χ2n) is 10.5. The molecule has 1 fully saturated rings. The summed E-state index contributed by atoms with van der Waals surface area (Å²) in [7, 11) is 1.26.